The van der Waals surface area contributed by atoms with E-state index in [1.807, 2.05) is 38.1 Å². The third kappa shape index (κ3) is 4.61. The summed E-state index contributed by atoms with van der Waals surface area (Å²) in [4.78, 5) is 41.6. The first kappa shape index (κ1) is 20.9. The Hall–Kier alpha value is -3.79. The molecule has 0 spiro atoms. The van der Waals surface area contributed by atoms with E-state index in [0.717, 1.165) is 11.1 Å². The van der Waals surface area contributed by atoms with Gasteiger partial charge in [-0.25, -0.2) is 4.98 Å². The Kier molecular flexibility index (Phi) is 6.38. The summed E-state index contributed by atoms with van der Waals surface area (Å²) in [5, 5.41) is 9.42. The molecule has 30 heavy (non-hydrogen) atoms. The molecule has 0 N–H and O–H groups in total. The summed E-state index contributed by atoms with van der Waals surface area (Å²) in [5.41, 5.74) is 2.54. The molecule has 7 heteroatoms. The summed E-state index contributed by atoms with van der Waals surface area (Å²) in [6, 6.07) is 14.3. The van der Waals surface area contributed by atoms with Crippen LogP contribution in [0.1, 0.15) is 40.2 Å². The number of hydrogen-bond acceptors (Lipinski definition) is 6. The fourth-order valence-corrected chi connectivity index (χ4v) is 3.16. The highest BCUT2D eigenvalue weighted by Crippen LogP contribution is 2.14. The maximum Gasteiger partial charge on any atom is 0.306 e. The number of nitriles is 1. The summed E-state index contributed by atoms with van der Waals surface area (Å²) in [6.45, 7) is 3.31. The van der Waals surface area contributed by atoms with Crippen LogP contribution in [-0.4, -0.2) is 21.3 Å². The van der Waals surface area contributed by atoms with Crippen LogP contribution in [0.2, 0.25) is 0 Å². The topological polar surface area (TPSA) is 102 Å². The number of rotatable bonds is 7. The van der Waals surface area contributed by atoms with Gasteiger partial charge in [0.25, 0.3) is 5.56 Å². The molecule has 0 fully saturated rings. The van der Waals surface area contributed by atoms with E-state index >= 15 is 0 Å². The average Bonchev–Trinajstić information content (AvgIpc) is 2.74. The lowest BCUT2D eigenvalue weighted by molar-refractivity contribution is -0.145. The van der Waals surface area contributed by atoms with Crippen molar-refractivity contribution in [2.75, 3.05) is 0 Å². The molecule has 7 nitrogen and oxygen atoms in total. The monoisotopic (exact) mass is 403 g/mol. The molecule has 0 aliphatic heterocycles. The molecule has 0 radical (unpaired) electrons. The van der Waals surface area contributed by atoms with Crippen LogP contribution in [0.5, 0.6) is 0 Å². The van der Waals surface area contributed by atoms with E-state index in [1.165, 1.54) is 4.57 Å². The number of aryl methyl sites for hydroxylation is 2. The number of esters is 1. The number of Topliss-reactive ketones (excluding diaryl/α,β-unsaturated/α-hetero) is 1. The molecule has 0 aliphatic carbocycles. The molecule has 152 valence electrons. The van der Waals surface area contributed by atoms with E-state index in [0.29, 0.717) is 16.5 Å². The normalized spacial score (nSPS) is 10.6. The minimum Gasteiger partial charge on any atom is -0.457 e. The van der Waals surface area contributed by atoms with Crippen molar-refractivity contribution in [2.45, 2.75) is 39.8 Å². The summed E-state index contributed by atoms with van der Waals surface area (Å²) >= 11 is 0. The fraction of sp³-hybridized carbons (Fsp3) is 0.261. The van der Waals surface area contributed by atoms with Gasteiger partial charge >= 0.3 is 5.97 Å². The second-order valence-corrected chi connectivity index (χ2v) is 7.00. The average molecular weight is 403 g/mol. The highest BCUT2D eigenvalue weighted by Gasteiger charge is 2.15. The van der Waals surface area contributed by atoms with E-state index in [-0.39, 0.29) is 43.2 Å². The van der Waals surface area contributed by atoms with Crippen LogP contribution in [0.15, 0.2) is 47.3 Å². The SMILES string of the molecule is Cc1ccc(C)c(C(=O)CCC(=O)OCc2nc3ccccc3c(=O)n2CC#N)c1. The maximum absolute atomic E-state index is 12.6. The minimum atomic E-state index is -0.570. The number of fused-ring (bicyclic) bond motifs is 1. The Morgan fingerprint density at radius 1 is 1.13 bits per heavy atom. The van der Waals surface area contributed by atoms with E-state index < -0.39 is 5.97 Å². The fourth-order valence-electron chi connectivity index (χ4n) is 3.16. The van der Waals surface area contributed by atoms with E-state index in [1.54, 1.807) is 24.3 Å². The van der Waals surface area contributed by atoms with E-state index in [4.69, 9.17) is 10.00 Å². The summed E-state index contributed by atoms with van der Waals surface area (Å²) < 4.78 is 6.43. The number of ether oxygens (including phenoxy) is 1. The smallest absolute Gasteiger partial charge is 0.306 e. The van der Waals surface area contributed by atoms with Gasteiger partial charge < -0.3 is 4.74 Å². The number of hydrogen-bond donors (Lipinski definition) is 0. The Morgan fingerprint density at radius 2 is 1.90 bits per heavy atom. The van der Waals surface area contributed by atoms with Gasteiger partial charge in [-0.05, 0) is 37.6 Å². The lowest BCUT2D eigenvalue weighted by Gasteiger charge is -2.11. The quantitative estimate of drug-likeness (QED) is 0.443. The predicted molar refractivity (Wildman–Crippen MR) is 111 cm³/mol. The Labute approximate surface area is 173 Å². The Balaban J connectivity index is 1.68. The lowest BCUT2D eigenvalue weighted by atomic mass is 9.99. The summed E-state index contributed by atoms with van der Waals surface area (Å²) in [5.74, 6) is -0.507. The molecule has 2 aromatic carbocycles. The molecule has 0 amide bonds. The molecule has 1 aromatic heterocycles. The standard InChI is InChI=1S/C23H21N3O4/c1-15-7-8-16(2)18(13-15)20(27)9-10-22(28)30-14-21-25-19-6-4-3-5-17(19)23(29)26(21)12-11-24/h3-8,13H,9-10,12,14H2,1-2H3. The van der Waals surface area contributed by atoms with Crippen LogP contribution in [0.25, 0.3) is 10.9 Å². The Morgan fingerprint density at radius 3 is 2.67 bits per heavy atom. The molecule has 0 aliphatic rings. The zero-order valence-corrected chi connectivity index (χ0v) is 16.8. The first-order chi connectivity index (χ1) is 14.4. The van der Waals surface area contributed by atoms with Crippen molar-refractivity contribution in [3.63, 3.8) is 0 Å². The number of aromatic nitrogens is 2. The van der Waals surface area contributed by atoms with Gasteiger partial charge in [-0.1, -0.05) is 29.8 Å². The third-order valence-corrected chi connectivity index (χ3v) is 4.78. The van der Waals surface area contributed by atoms with Crippen LogP contribution in [0.3, 0.4) is 0 Å². The third-order valence-electron chi connectivity index (χ3n) is 4.78. The zero-order valence-electron chi connectivity index (χ0n) is 16.8. The van der Waals surface area contributed by atoms with Gasteiger partial charge in [0.1, 0.15) is 13.2 Å². The lowest BCUT2D eigenvalue weighted by Crippen LogP contribution is -2.26. The number of carbonyl (C=O) groups is 2. The predicted octanol–water partition coefficient (Wildman–Crippen LogP) is 3.24. The molecule has 0 saturated carbocycles. The molecule has 3 rings (SSSR count). The molecule has 1 heterocycles. The summed E-state index contributed by atoms with van der Waals surface area (Å²) in [6.07, 6.45) is -0.0540. The van der Waals surface area contributed by atoms with Gasteiger partial charge in [0.15, 0.2) is 11.6 Å². The van der Waals surface area contributed by atoms with Crippen molar-refractivity contribution in [1.29, 1.82) is 5.26 Å². The van der Waals surface area contributed by atoms with Crippen LogP contribution in [0, 0.1) is 25.2 Å². The Bertz CT molecular complexity index is 1220. The van der Waals surface area contributed by atoms with Gasteiger partial charge in [0, 0.05) is 12.0 Å². The van der Waals surface area contributed by atoms with Gasteiger partial charge in [0.05, 0.1) is 23.4 Å². The van der Waals surface area contributed by atoms with Crippen LogP contribution < -0.4 is 5.56 Å². The molecule has 0 bridgehead atoms. The van der Waals surface area contributed by atoms with Gasteiger partial charge in [-0.3, -0.25) is 19.0 Å². The number of para-hydroxylation sites is 1. The van der Waals surface area contributed by atoms with Crippen molar-refractivity contribution in [2.24, 2.45) is 0 Å². The first-order valence-electron chi connectivity index (χ1n) is 9.52. The van der Waals surface area contributed by atoms with Gasteiger partial charge in [-0.15, -0.1) is 0 Å². The van der Waals surface area contributed by atoms with Crippen molar-refractivity contribution in [1.82, 2.24) is 9.55 Å². The molecule has 0 saturated heterocycles. The number of carbonyl (C=O) groups excluding carboxylic acids is 2. The van der Waals surface area contributed by atoms with Crippen LogP contribution >= 0.6 is 0 Å². The molecule has 0 unspecified atom stereocenters. The molecular weight excluding hydrogens is 382 g/mol. The number of nitrogens with zero attached hydrogens (tertiary/aromatic N) is 3. The second kappa shape index (κ2) is 9.14. The molecule has 0 atom stereocenters. The van der Waals surface area contributed by atoms with E-state index in [9.17, 15) is 14.4 Å². The zero-order chi connectivity index (χ0) is 21.7. The molecular formula is C23H21N3O4. The van der Waals surface area contributed by atoms with Gasteiger partial charge in [0.2, 0.25) is 0 Å². The number of ketones is 1. The second-order valence-electron chi connectivity index (χ2n) is 7.00. The highest BCUT2D eigenvalue weighted by atomic mass is 16.5. The van der Waals surface area contributed by atoms with Gasteiger partial charge in [-0.2, -0.15) is 5.26 Å². The number of benzene rings is 2. The summed E-state index contributed by atoms with van der Waals surface area (Å²) in [7, 11) is 0. The maximum atomic E-state index is 12.6. The van der Waals surface area contributed by atoms with Crippen molar-refractivity contribution < 1.29 is 14.3 Å². The minimum absolute atomic E-state index is 0.0271. The van der Waals surface area contributed by atoms with Crippen LogP contribution in [-0.2, 0) is 22.7 Å². The van der Waals surface area contributed by atoms with E-state index in [2.05, 4.69) is 4.98 Å². The van der Waals surface area contributed by atoms with Crippen molar-refractivity contribution in [3.05, 3.63) is 75.3 Å². The first-order valence-corrected chi connectivity index (χ1v) is 9.52. The van der Waals surface area contributed by atoms with Crippen molar-refractivity contribution >= 4 is 22.7 Å². The highest BCUT2D eigenvalue weighted by molar-refractivity contribution is 5.98. The van der Waals surface area contributed by atoms with Crippen LogP contribution in [0.4, 0.5) is 0 Å². The molecule has 3 aromatic rings. The largest absolute Gasteiger partial charge is 0.457 e. The van der Waals surface area contributed by atoms with Crippen molar-refractivity contribution in [3.8, 4) is 6.07 Å².